The second-order valence-electron chi connectivity index (χ2n) is 6.33. The maximum absolute atomic E-state index is 13.3. The van der Waals surface area contributed by atoms with Gasteiger partial charge in [0.25, 0.3) is 5.91 Å². The second kappa shape index (κ2) is 8.95. The molecule has 0 heterocycles. The lowest BCUT2D eigenvalue weighted by Crippen LogP contribution is -2.43. The van der Waals surface area contributed by atoms with Crippen LogP contribution in [0.1, 0.15) is 15.9 Å². The van der Waals surface area contributed by atoms with Gasteiger partial charge in [-0.25, -0.2) is 9.18 Å². The van der Waals surface area contributed by atoms with Crippen molar-refractivity contribution in [2.24, 2.45) is 0 Å². The predicted molar refractivity (Wildman–Crippen MR) is 105 cm³/mol. The van der Waals surface area contributed by atoms with E-state index in [0.717, 1.165) is 22.8 Å². The number of amides is 1. The molecule has 0 unspecified atom stereocenters. The molecule has 5 heteroatoms. The van der Waals surface area contributed by atoms with Crippen LogP contribution in [0.15, 0.2) is 78.9 Å². The summed E-state index contributed by atoms with van der Waals surface area (Å²) in [5.41, 5.74) is 3.17. The molecule has 0 aromatic heterocycles. The average molecular weight is 377 g/mol. The molecule has 1 amide bonds. The molecule has 0 aliphatic carbocycles. The fraction of sp³-hybridized carbons (Fsp3) is 0.130. The Labute approximate surface area is 163 Å². The van der Waals surface area contributed by atoms with Gasteiger partial charge in [0, 0.05) is 12.0 Å². The van der Waals surface area contributed by atoms with E-state index in [1.54, 1.807) is 0 Å². The molecule has 28 heavy (non-hydrogen) atoms. The van der Waals surface area contributed by atoms with E-state index in [2.05, 4.69) is 5.32 Å². The smallest absolute Gasteiger partial charge is 0.328 e. The molecule has 3 aromatic rings. The summed E-state index contributed by atoms with van der Waals surface area (Å²) >= 11 is 0. The Morgan fingerprint density at radius 2 is 1.61 bits per heavy atom. The second-order valence-corrected chi connectivity index (χ2v) is 6.33. The predicted octanol–water partition coefficient (Wildman–Crippen LogP) is 4.01. The zero-order valence-corrected chi connectivity index (χ0v) is 15.4. The minimum absolute atomic E-state index is 0.147. The normalized spacial score (nSPS) is 11.5. The number of carbonyl (C=O) groups excluding carboxylic acids is 2. The van der Waals surface area contributed by atoms with Crippen molar-refractivity contribution >= 4 is 11.9 Å². The zero-order valence-electron chi connectivity index (χ0n) is 15.4. The van der Waals surface area contributed by atoms with Crippen molar-refractivity contribution in [2.75, 3.05) is 7.11 Å². The number of esters is 1. The number of halogens is 1. The summed E-state index contributed by atoms with van der Waals surface area (Å²) < 4.78 is 18.2. The highest BCUT2D eigenvalue weighted by Crippen LogP contribution is 2.20. The van der Waals surface area contributed by atoms with E-state index in [9.17, 15) is 14.0 Å². The number of rotatable bonds is 6. The number of ether oxygens (including phenoxy) is 1. The van der Waals surface area contributed by atoms with Crippen LogP contribution in [0.4, 0.5) is 4.39 Å². The number of methoxy groups -OCH3 is 1. The van der Waals surface area contributed by atoms with Gasteiger partial charge >= 0.3 is 5.97 Å². The third kappa shape index (κ3) is 4.82. The molecule has 3 aromatic carbocycles. The van der Waals surface area contributed by atoms with E-state index in [1.807, 2.05) is 54.6 Å². The van der Waals surface area contributed by atoms with E-state index in [1.165, 1.54) is 25.3 Å². The largest absolute Gasteiger partial charge is 0.467 e. The maximum atomic E-state index is 13.3. The Kier molecular flexibility index (Phi) is 6.17. The van der Waals surface area contributed by atoms with Gasteiger partial charge in [-0.05, 0) is 34.9 Å². The van der Waals surface area contributed by atoms with Crippen LogP contribution in [0, 0.1) is 5.82 Å². The van der Waals surface area contributed by atoms with Crippen molar-refractivity contribution in [1.29, 1.82) is 0 Å². The molecule has 1 N–H and O–H groups in total. The lowest BCUT2D eigenvalue weighted by atomic mass is 10.0. The molecule has 0 aliphatic heterocycles. The first-order valence-corrected chi connectivity index (χ1v) is 8.85. The first-order chi connectivity index (χ1) is 13.6. The number of hydrogen-bond donors (Lipinski definition) is 1. The number of hydrogen-bond acceptors (Lipinski definition) is 3. The number of carbonyl (C=O) groups is 2. The van der Waals surface area contributed by atoms with Crippen LogP contribution < -0.4 is 5.32 Å². The van der Waals surface area contributed by atoms with Crippen LogP contribution >= 0.6 is 0 Å². The lowest BCUT2D eigenvalue weighted by Gasteiger charge is -2.17. The zero-order chi connectivity index (χ0) is 19.9. The molecule has 0 aliphatic rings. The SMILES string of the molecule is COC(=O)[C@H](Cc1ccc(-c2ccccc2)cc1)NC(=O)c1cccc(F)c1. The van der Waals surface area contributed by atoms with E-state index in [0.29, 0.717) is 0 Å². The molecular weight excluding hydrogens is 357 g/mol. The molecule has 0 saturated carbocycles. The molecular formula is C23H20FNO3. The minimum Gasteiger partial charge on any atom is -0.467 e. The first-order valence-electron chi connectivity index (χ1n) is 8.85. The Bertz CT molecular complexity index is 955. The van der Waals surface area contributed by atoms with Gasteiger partial charge in [0.15, 0.2) is 0 Å². The lowest BCUT2D eigenvalue weighted by molar-refractivity contribution is -0.142. The van der Waals surface area contributed by atoms with Crippen molar-refractivity contribution in [3.63, 3.8) is 0 Å². The summed E-state index contributed by atoms with van der Waals surface area (Å²) in [5.74, 6) is -1.61. The van der Waals surface area contributed by atoms with Crippen molar-refractivity contribution in [3.8, 4) is 11.1 Å². The highest BCUT2D eigenvalue weighted by Gasteiger charge is 2.22. The molecule has 0 bridgehead atoms. The average Bonchev–Trinajstić information content (AvgIpc) is 2.73. The van der Waals surface area contributed by atoms with Gasteiger partial charge in [0.2, 0.25) is 0 Å². The van der Waals surface area contributed by atoms with Gasteiger partial charge in [-0.2, -0.15) is 0 Å². The van der Waals surface area contributed by atoms with Gasteiger partial charge < -0.3 is 10.1 Å². The third-order valence-corrected chi connectivity index (χ3v) is 4.38. The monoisotopic (exact) mass is 377 g/mol. The molecule has 4 nitrogen and oxygen atoms in total. The van der Waals surface area contributed by atoms with E-state index in [-0.39, 0.29) is 12.0 Å². The quantitative estimate of drug-likeness (QED) is 0.661. The van der Waals surface area contributed by atoms with Crippen molar-refractivity contribution in [1.82, 2.24) is 5.32 Å². The van der Waals surface area contributed by atoms with E-state index >= 15 is 0 Å². The highest BCUT2D eigenvalue weighted by atomic mass is 19.1. The fourth-order valence-electron chi connectivity index (χ4n) is 2.91. The number of benzene rings is 3. The topological polar surface area (TPSA) is 55.4 Å². The summed E-state index contributed by atoms with van der Waals surface area (Å²) in [6.45, 7) is 0. The van der Waals surface area contributed by atoms with Gasteiger partial charge in [-0.1, -0.05) is 60.7 Å². The molecule has 0 radical (unpaired) electrons. The Morgan fingerprint density at radius 1 is 0.929 bits per heavy atom. The van der Waals surface area contributed by atoms with Crippen LogP contribution in [-0.2, 0) is 16.0 Å². The summed E-state index contributed by atoms with van der Waals surface area (Å²) in [6.07, 6.45) is 0.267. The van der Waals surface area contributed by atoms with Crippen molar-refractivity contribution < 1.29 is 18.7 Å². The maximum Gasteiger partial charge on any atom is 0.328 e. The Hall–Kier alpha value is -3.47. The molecule has 0 saturated heterocycles. The Balaban J connectivity index is 1.74. The van der Waals surface area contributed by atoms with Gasteiger partial charge in [0.1, 0.15) is 11.9 Å². The van der Waals surface area contributed by atoms with Crippen molar-refractivity contribution in [3.05, 3.63) is 95.8 Å². The summed E-state index contributed by atoms with van der Waals surface area (Å²) in [4.78, 5) is 24.5. The molecule has 0 fully saturated rings. The van der Waals surface area contributed by atoms with Gasteiger partial charge in [0.05, 0.1) is 7.11 Å². The van der Waals surface area contributed by atoms with Gasteiger partial charge in [-0.3, -0.25) is 4.79 Å². The fourth-order valence-corrected chi connectivity index (χ4v) is 2.91. The van der Waals surface area contributed by atoms with Crippen LogP contribution in [0.3, 0.4) is 0 Å². The van der Waals surface area contributed by atoms with E-state index in [4.69, 9.17) is 4.74 Å². The van der Waals surface area contributed by atoms with Crippen LogP contribution in [0.2, 0.25) is 0 Å². The molecule has 1 atom stereocenters. The van der Waals surface area contributed by atoms with E-state index < -0.39 is 23.7 Å². The molecule has 0 spiro atoms. The summed E-state index contributed by atoms with van der Waals surface area (Å²) in [5, 5.41) is 2.63. The van der Waals surface area contributed by atoms with Crippen LogP contribution in [-0.4, -0.2) is 25.0 Å². The number of nitrogens with one attached hydrogen (secondary N) is 1. The summed E-state index contributed by atoms with van der Waals surface area (Å²) in [6, 6.07) is 22.1. The third-order valence-electron chi connectivity index (χ3n) is 4.38. The van der Waals surface area contributed by atoms with Crippen LogP contribution in [0.25, 0.3) is 11.1 Å². The van der Waals surface area contributed by atoms with Crippen LogP contribution in [0.5, 0.6) is 0 Å². The molecule has 142 valence electrons. The van der Waals surface area contributed by atoms with Gasteiger partial charge in [-0.15, -0.1) is 0 Å². The first kappa shape index (κ1) is 19.3. The summed E-state index contributed by atoms with van der Waals surface area (Å²) in [7, 11) is 1.27. The minimum atomic E-state index is -0.872. The Morgan fingerprint density at radius 3 is 2.25 bits per heavy atom. The van der Waals surface area contributed by atoms with Crippen molar-refractivity contribution in [2.45, 2.75) is 12.5 Å². The molecule has 3 rings (SSSR count). The highest BCUT2D eigenvalue weighted by molar-refractivity contribution is 5.96. The standard InChI is InChI=1S/C23H20FNO3/c1-28-23(27)21(25-22(26)19-8-5-9-20(24)15-19)14-16-10-12-18(13-11-16)17-6-3-2-4-7-17/h2-13,15,21H,14H2,1H3,(H,25,26)/t21-/m0/s1.